The molecule has 2 heterocycles. The summed E-state index contributed by atoms with van der Waals surface area (Å²) in [5.41, 5.74) is 2.00. The lowest BCUT2D eigenvalue weighted by Gasteiger charge is -2.24. The van der Waals surface area contributed by atoms with Gasteiger partial charge in [0.25, 0.3) is 5.69 Å². The molecule has 0 bridgehead atoms. The predicted molar refractivity (Wildman–Crippen MR) is 76.0 cm³/mol. The Bertz CT molecular complexity index is 641. The molecule has 8 heteroatoms. The molecule has 2 saturated heterocycles. The molecule has 2 fully saturated rings. The Labute approximate surface area is 122 Å². The Morgan fingerprint density at radius 1 is 1.24 bits per heavy atom. The van der Waals surface area contributed by atoms with Crippen molar-refractivity contribution in [2.24, 2.45) is 0 Å². The van der Waals surface area contributed by atoms with Crippen molar-refractivity contribution < 1.29 is 14.0 Å². The van der Waals surface area contributed by atoms with Gasteiger partial charge in [0.15, 0.2) is 0 Å². The summed E-state index contributed by atoms with van der Waals surface area (Å²) in [6.07, 6.45) is 1.26. The first-order chi connectivity index (χ1) is 10.1. The summed E-state index contributed by atoms with van der Waals surface area (Å²) in [4.78, 5) is 10.4. The molecule has 1 unspecified atom stereocenters. The van der Waals surface area contributed by atoms with Gasteiger partial charge in [0.05, 0.1) is 11.0 Å². The zero-order chi connectivity index (χ0) is 14.6. The van der Waals surface area contributed by atoms with Crippen LogP contribution in [0, 0.1) is 10.1 Å². The zero-order valence-corrected chi connectivity index (χ0v) is 12.4. The Kier molecular flexibility index (Phi) is 2.94. The summed E-state index contributed by atoms with van der Waals surface area (Å²) in [5.74, 6) is 0. The van der Waals surface area contributed by atoms with E-state index in [0.29, 0.717) is 0 Å². The highest BCUT2D eigenvalue weighted by molar-refractivity contribution is 7.54. The van der Waals surface area contributed by atoms with Gasteiger partial charge in [-0.15, -0.1) is 0 Å². The molecular formula is C13H16N3O4P. The molecule has 0 amide bonds. The van der Waals surface area contributed by atoms with Crippen molar-refractivity contribution in [2.45, 2.75) is 18.9 Å². The minimum Gasteiger partial charge on any atom is -0.298 e. The number of rotatable bonds is 5. The number of nitro groups is 1. The molecule has 1 aromatic rings. The van der Waals surface area contributed by atoms with E-state index in [1.165, 1.54) is 6.07 Å². The van der Waals surface area contributed by atoms with Gasteiger partial charge in [0, 0.05) is 38.3 Å². The van der Waals surface area contributed by atoms with Crippen LogP contribution in [0.4, 0.5) is 5.69 Å². The first-order valence-electron chi connectivity index (χ1n) is 7.14. The molecule has 0 saturated carbocycles. The van der Waals surface area contributed by atoms with E-state index in [9.17, 15) is 14.7 Å². The topological polar surface area (TPSA) is 75.5 Å². The molecule has 0 radical (unpaired) electrons. The van der Waals surface area contributed by atoms with E-state index in [0.717, 1.165) is 50.1 Å². The molecule has 1 atom stereocenters. The van der Waals surface area contributed by atoms with Crippen LogP contribution in [0.1, 0.15) is 23.7 Å². The van der Waals surface area contributed by atoms with E-state index in [2.05, 4.69) is 0 Å². The molecule has 21 heavy (non-hydrogen) atoms. The molecule has 112 valence electrons. The monoisotopic (exact) mass is 309 g/mol. The van der Waals surface area contributed by atoms with Crippen molar-refractivity contribution >= 4 is 13.4 Å². The minimum atomic E-state index is -2.84. The molecule has 0 aromatic heterocycles. The Balaban J connectivity index is 1.59. The SMILES string of the molecule is O=[N+]([O-])c1ccc2c(c1)CCC2OP(=O)(N1CC1)N1CC1. The Hall–Kier alpha value is -1.27. The summed E-state index contributed by atoms with van der Waals surface area (Å²) in [7, 11) is -2.84. The van der Waals surface area contributed by atoms with Crippen molar-refractivity contribution in [1.82, 2.24) is 9.34 Å². The van der Waals surface area contributed by atoms with Gasteiger partial charge in [-0.3, -0.25) is 19.2 Å². The average Bonchev–Trinajstić information content (AvgIpc) is 3.35. The van der Waals surface area contributed by atoms with Gasteiger partial charge < -0.3 is 0 Å². The molecule has 0 N–H and O–H groups in total. The maximum Gasteiger partial charge on any atom is 0.346 e. The lowest BCUT2D eigenvalue weighted by atomic mass is 10.1. The van der Waals surface area contributed by atoms with Crippen LogP contribution in [-0.2, 0) is 15.5 Å². The maximum atomic E-state index is 13.0. The second kappa shape index (κ2) is 4.61. The molecule has 3 aliphatic rings. The van der Waals surface area contributed by atoms with Crippen LogP contribution >= 0.6 is 7.67 Å². The summed E-state index contributed by atoms with van der Waals surface area (Å²) in [6.45, 7) is 3.31. The highest BCUT2D eigenvalue weighted by atomic mass is 31.2. The molecule has 1 aromatic carbocycles. The number of non-ortho nitro benzene ring substituents is 1. The number of hydrogen-bond acceptors (Lipinski definition) is 4. The van der Waals surface area contributed by atoms with Gasteiger partial charge in [-0.05, 0) is 30.0 Å². The van der Waals surface area contributed by atoms with E-state index in [-0.39, 0.29) is 16.7 Å². The van der Waals surface area contributed by atoms with Crippen LogP contribution in [-0.4, -0.2) is 40.4 Å². The first-order valence-corrected chi connectivity index (χ1v) is 8.67. The average molecular weight is 309 g/mol. The fourth-order valence-corrected chi connectivity index (χ4v) is 5.23. The van der Waals surface area contributed by atoms with Crippen LogP contribution in [0.2, 0.25) is 0 Å². The summed E-state index contributed by atoms with van der Waals surface area (Å²) in [5, 5.41) is 10.8. The molecular weight excluding hydrogens is 293 g/mol. The van der Waals surface area contributed by atoms with Gasteiger partial charge in [0.1, 0.15) is 0 Å². The van der Waals surface area contributed by atoms with Crippen LogP contribution in [0.25, 0.3) is 0 Å². The van der Waals surface area contributed by atoms with Gasteiger partial charge in [-0.25, -0.2) is 9.34 Å². The number of benzene rings is 1. The third-order valence-corrected chi connectivity index (χ3v) is 6.95. The zero-order valence-electron chi connectivity index (χ0n) is 11.5. The number of aryl methyl sites for hydroxylation is 1. The molecule has 0 spiro atoms. The lowest BCUT2D eigenvalue weighted by Crippen LogP contribution is -2.10. The van der Waals surface area contributed by atoms with Crippen LogP contribution < -0.4 is 0 Å². The summed E-state index contributed by atoms with van der Waals surface area (Å²) >= 11 is 0. The maximum absolute atomic E-state index is 13.0. The van der Waals surface area contributed by atoms with Gasteiger partial charge >= 0.3 is 7.67 Å². The van der Waals surface area contributed by atoms with Gasteiger partial charge in [-0.2, -0.15) is 0 Å². The second-order valence-electron chi connectivity index (χ2n) is 5.67. The van der Waals surface area contributed by atoms with Crippen LogP contribution in [0.3, 0.4) is 0 Å². The summed E-state index contributed by atoms with van der Waals surface area (Å²) < 4.78 is 22.8. The number of fused-ring (bicyclic) bond motifs is 1. The third-order valence-electron chi connectivity index (χ3n) is 4.19. The second-order valence-corrected chi connectivity index (χ2v) is 7.99. The van der Waals surface area contributed by atoms with E-state index in [4.69, 9.17) is 4.52 Å². The van der Waals surface area contributed by atoms with E-state index in [1.807, 2.05) is 9.34 Å². The van der Waals surface area contributed by atoms with Crippen molar-refractivity contribution in [3.63, 3.8) is 0 Å². The minimum absolute atomic E-state index is 0.106. The Morgan fingerprint density at radius 2 is 1.90 bits per heavy atom. The quantitative estimate of drug-likeness (QED) is 0.360. The highest BCUT2D eigenvalue weighted by Gasteiger charge is 2.51. The lowest BCUT2D eigenvalue weighted by molar-refractivity contribution is -0.384. The van der Waals surface area contributed by atoms with Crippen LogP contribution in [0.5, 0.6) is 0 Å². The summed E-state index contributed by atoms with van der Waals surface area (Å²) in [6, 6.07) is 4.86. The van der Waals surface area contributed by atoms with Crippen molar-refractivity contribution in [2.75, 3.05) is 26.2 Å². The fraction of sp³-hybridized carbons (Fsp3) is 0.538. The Morgan fingerprint density at radius 3 is 2.48 bits per heavy atom. The van der Waals surface area contributed by atoms with E-state index in [1.54, 1.807) is 12.1 Å². The van der Waals surface area contributed by atoms with Gasteiger partial charge in [0.2, 0.25) is 0 Å². The normalized spacial score (nSPS) is 24.9. The molecule has 1 aliphatic carbocycles. The molecule has 2 aliphatic heterocycles. The highest BCUT2D eigenvalue weighted by Crippen LogP contribution is 2.64. The number of nitrogens with zero attached hydrogens (tertiary/aromatic N) is 3. The molecule has 4 rings (SSSR count). The van der Waals surface area contributed by atoms with Crippen molar-refractivity contribution in [3.8, 4) is 0 Å². The molecule has 7 nitrogen and oxygen atoms in total. The van der Waals surface area contributed by atoms with Crippen LogP contribution in [0.15, 0.2) is 18.2 Å². The standard InChI is InChI=1S/C13H16N3O4P/c17-16(18)11-2-3-12-10(9-11)1-4-13(12)20-21(19,14-5-6-14)15-7-8-15/h2-3,9,13H,1,4-8H2. The van der Waals surface area contributed by atoms with Crippen molar-refractivity contribution in [1.29, 1.82) is 0 Å². The number of nitro benzene ring substituents is 1. The predicted octanol–water partition coefficient (Wildman–Crippen LogP) is 2.34. The largest absolute Gasteiger partial charge is 0.346 e. The first kappa shape index (κ1) is 13.4. The van der Waals surface area contributed by atoms with Gasteiger partial charge in [-0.1, -0.05) is 0 Å². The smallest absolute Gasteiger partial charge is 0.298 e. The van der Waals surface area contributed by atoms with E-state index >= 15 is 0 Å². The third kappa shape index (κ3) is 2.30. The fourth-order valence-electron chi connectivity index (χ4n) is 2.86. The van der Waals surface area contributed by atoms with Crippen molar-refractivity contribution in [3.05, 3.63) is 39.4 Å². The number of hydrogen-bond donors (Lipinski definition) is 0. The van der Waals surface area contributed by atoms with E-state index < -0.39 is 7.67 Å².